The van der Waals surface area contributed by atoms with Crippen molar-refractivity contribution in [1.82, 2.24) is 9.88 Å². The Hall–Kier alpha value is -1.47. The van der Waals surface area contributed by atoms with E-state index in [1.807, 2.05) is 4.90 Å². The number of nitrogens with zero attached hydrogens (tertiary/aromatic N) is 2. The van der Waals surface area contributed by atoms with Crippen LogP contribution in [0.2, 0.25) is 0 Å². The number of carboxylic acids is 1. The Morgan fingerprint density at radius 2 is 2.11 bits per heavy atom. The maximum Gasteiger partial charge on any atom is 0.337 e. The fourth-order valence-electron chi connectivity index (χ4n) is 2.02. The van der Waals surface area contributed by atoms with E-state index in [0.29, 0.717) is 19.5 Å². The highest BCUT2D eigenvalue weighted by Gasteiger charge is 2.19. The molecule has 104 valence electrons. The summed E-state index contributed by atoms with van der Waals surface area (Å²) in [7, 11) is -2.90. The van der Waals surface area contributed by atoms with Crippen LogP contribution in [0.4, 0.5) is 0 Å². The van der Waals surface area contributed by atoms with Gasteiger partial charge in [-0.05, 0) is 25.1 Å². The van der Waals surface area contributed by atoms with E-state index in [0.717, 1.165) is 12.2 Å². The molecule has 0 atom stereocenters. The molecule has 1 saturated heterocycles. The van der Waals surface area contributed by atoms with E-state index >= 15 is 0 Å². The number of aromatic nitrogens is 1. The van der Waals surface area contributed by atoms with Crippen LogP contribution in [0.3, 0.4) is 0 Å². The smallest absolute Gasteiger partial charge is 0.337 e. The number of carboxylic acid groups (broad SMARTS) is 1. The van der Waals surface area contributed by atoms with Gasteiger partial charge < -0.3 is 5.11 Å². The molecule has 19 heavy (non-hydrogen) atoms. The number of aromatic carboxylic acids is 1. The third kappa shape index (κ3) is 4.00. The van der Waals surface area contributed by atoms with Crippen LogP contribution in [-0.2, 0) is 16.4 Å². The SMILES string of the molecule is O=C(O)c1ccc(CN2CCCS(=O)(=O)CC2)nc1. The quantitative estimate of drug-likeness (QED) is 0.864. The van der Waals surface area contributed by atoms with Gasteiger partial charge in [-0.1, -0.05) is 0 Å². The summed E-state index contributed by atoms with van der Waals surface area (Å²) >= 11 is 0. The monoisotopic (exact) mass is 284 g/mol. The zero-order chi connectivity index (χ0) is 13.9. The average Bonchev–Trinajstić information content (AvgIpc) is 2.52. The first kappa shape index (κ1) is 14.0. The maximum absolute atomic E-state index is 11.5. The second-order valence-electron chi connectivity index (χ2n) is 4.62. The molecule has 0 aromatic carbocycles. The summed E-state index contributed by atoms with van der Waals surface area (Å²) < 4.78 is 23.0. The van der Waals surface area contributed by atoms with Crippen molar-refractivity contribution in [2.75, 3.05) is 24.6 Å². The Morgan fingerprint density at radius 1 is 1.32 bits per heavy atom. The zero-order valence-electron chi connectivity index (χ0n) is 10.4. The standard InChI is InChI=1S/C12H16N2O4S/c15-12(16)10-2-3-11(13-8-10)9-14-4-1-6-19(17,18)7-5-14/h2-3,8H,1,4-7,9H2,(H,15,16). The molecule has 1 aromatic heterocycles. The van der Waals surface area contributed by atoms with Crippen LogP contribution in [0.5, 0.6) is 0 Å². The number of hydrogen-bond acceptors (Lipinski definition) is 5. The lowest BCUT2D eigenvalue weighted by molar-refractivity contribution is 0.0696. The van der Waals surface area contributed by atoms with Gasteiger partial charge >= 0.3 is 5.97 Å². The Bertz CT molecular complexity index is 554. The molecule has 7 heteroatoms. The minimum atomic E-state index is -2.90. The van der Waals surface area contributed by atoms with Gasteiger partial charge in [0.05, 0.1) is 22.8 Å². The van der Waals surface area contributed by atoms with Crippen molar-refractivity contribution in [2.45, 2.75) is 13.0 Å². The Labute approximate surface area is 112 Å². The molecule has 0 radical (unpaired) electrons. The molecule has 0 unspecified atom stereocenters. The van der Waals surface area contributed by atoms with Gasteiger partial charge in [-0.15, -0.1) is 0 Å². The number of hydrogen-bond donors (Lipinski definition) is 1. The summed E-state index contributed by atoms with van der Waals surface area (Å²) in [6, 6.07) is 3.18. The number of pyridine rings is 1. The van der Waals surface area contributed by atoms with Gasteiger partial charge in [0, 0.05) is 19.3 Å². The van der Waals surface area contributed by atoms with E-state index in [2.05, 4.69) is 4.98 Å². The van der Waals surface area contributed by atoms with Gasteiger partial charge in [-0.25, -0.2) is 13.2 Å². The van der Waals surface area contributed by atoms with Gasteiger partial charge in [0.2, 0.25) is 0 Å². The number of sulfone groups is 1. The predicted molar refractivity (Wildman–Crippen MR) is 69.7 cm³/mol. The van der Waals surface area contributed by atoms with Crippen molar-refractivity contribution in [3.05, 3.63) is 29.6 Å². The van der Waals surface area contributed by atoms with Crippen molar-refractivity contribution in [3.8, 4) is 0 Å². The molecule has 1 aliphatic heterocycles. The van der Waals surface area contributed by atoms with Crippen LogP contribution in [0.25, 0.3) is 0 Å². The molecule has 0 aliphatic carbocycles. The molecule has 1 aromatic rings. The highest BCUT2D eigenvalue weighted by molar-refractivity contribution is 7.91. The lowest BCUT2D eigenvalue weighted by Crippen LogP contribution is -2.27. The lowest BCUT2D eigenvalue weighted by Gasteiger charge is -2.18. The van der Waals surface area contributed by atoms with E-state index in [9.17, 15) is 13.2 Å². The molecule has 6 nitrogen and oxygen atoms in total. The molecule has 0 bridgehead atoms. The third-order valence-corrected chi connectivity index (χ3v) is 4.82. The molecular formula is C12H16N2O4S. The second-order valence-corrected chi connectivity index (χ2v) is 6.93. The molecule has 1 aliphatic rings. The van der Waals surface area contributed by atoms with Gasteiger partial charge in [0.25, 0.3) is 0 Å². The normalized spacial score (nSPS) is 19.8. The summed E-state index contributed by atoms with van der Waals surface area (Å²) in [6.45, 7) is 1.78. The summed E-state index contributed by atoms with van der Waals surface area (Å²) in [4.78, 5) is 16.8. The van der Waals surface area contributed by atoms with Gasteiger partial charge in [0.15, 0.2) is 9.84 Å². The summed E-state index contributed by atoms with van der Waals surface area (Å²) in [6.07, 6.45) is 1.96. The van der Waals surface area contributed by atoms with E-state index in [1.54, 1.807) is 6.07 Å². The van der Waals surface area contributed by atoms with E-state index < -0.39 is 15.8 Å². The fourth-order valence-corrected chi connectivity index (χ4v) is 3.33. The van der Waals surface area contributed by atoms with Crippen molar-refractivity contribution < 1.29 is 18.3 Å². The minimum Gasteiger partial charge on any atom is -0.478 e. The van der Waals surface area contributed by atoms with Crippen LogP contribution < -0.4 is 0 Å². The van der Waals surface area contributed by atoms with Crippen LogP contribution in [0, 0.1) is 0 Å². The molecular weight excluding hydrogens is 268 g/mol. The minimum absolute atomic E-state index is 0.155. The first-order valence-electron chi connectivity index (χ1n) is 6.07. The van der Waals surface area contributed by atoms with E-state index in [-0.39, 0.29) is 17.1 Å². The summed E-state index contributed by atoms with van der Waals surface area (Å²) in [5.74, 6) is -0.574. The van der Waals surface area contributed by atoms with Crippen LogP contribution in [-0.4, -0.2) is 54.0 Å². The first-order chi connectivity index (χ1) is 8.96. The summed E-state index contributed by atoms with van der Waals surface area (Å²) in [5, 5.41) is 8.77. The second kappa shape index (κ2) is 5.66. The highest BCUT2D eigenvalue weighted by atomic mass is 32.2. The van der Waals surface area contributed by atoms with E-state index in [1.165, 1.54) is 12.3 Å². The zero-order valence-corrected chi connectivity index (χ0v) is 11.3. The Balaban J connectivity index is 1.99. The predicted octanol–water partition coefficient (Wildman–Crippen LogP) is 0.400. The van der Waals surface area contributed by atoms with Gasteiger partial charge in [0.1, 0.15) is 0 Å². The van der Waals surface area contributed by atoms with Gasteiger partial charge in [-0.3, -0.25) is 9.88 Å². The van der Waals surface area contributed by atoms with E-state index in [4.69, 9.17) is 5.11 Å². The molecule has 0 amide bonds. The molecule has 2 rings (SSSR count). The molecule has 2 heterocycles. The lowest BCUT2D eigenvalue weighted by atomic mass is 10.2. The van der Waals surface area contributed by atoms with Crippen molar-refractivity contribution in [2.24, 2.45) is 0 Å². The van der Waals surface area contributed by atoms with Crippen molar-refractivity contribution >= 4 is 15.8 Å². The maximum atomic E-state index is 11.5. The Kier molecular flexibility index (Phi) is 4.16. The number of rotatable bonds is 3. The van der Waals surface area contributed by atoms with Crippen LogP contribution in [0.1, 0.15) is 22.5 Å². The van der Waals surface area contributed by atoms with Crippen LogP contribution in [0.15, 0.2) is 18.3 Å². The summed E-state index contributed by atoms with van der Waals surface area (Å²) in [5.41, 5.74) is 0.909. The molecule has 0 spiro atoms. The van der Waals surface area contributed by atoms with Crippen LogP contribution >= 0.6 is 0 Å². The Morgan fingerprint density at radius 3 is 2.74 bits per heavy atom. The number of carbonyl (C=O) groups is 1. The average molecular weight is 284 g/mol. The molecule has 0 saturated carbocycles. The van der Waals surface area contributed by atoms with Gasteiger partial charge in [-0.2, -0.15) is 0 Å². The fraction of sp³-hybridized carbons (Fsp3) is 0.500. The first-order valence-corrected chi connectivity index (χ1v) is 7.89. The topological polar surface area (TPSA) is 87.6 Å². The molecule has 1 N–H and O–H groups in total. The van der Waals surface area contributed by atoms with Crippen molar-refractivity contribution in [1.29, 1.82) is 0 Å². The van der Waals surface area contributed by atoms with Crippen molar-refractivity contribution in [3.63, 3.8) is 0 Å². The highest BCUT2D eigenvalue weighted by Crippen LogP contribution is 2.09. The molecule has 1 fully saturated rings. The third-order valence-electron chi connectivity index (χ3n) is 3.11. The largest absolute Gasteiger partial charge is 0.478 e.